The zero-order valence-electron chi connectivity index (χ0n) is 16.8. The van der Waals surface area contributed by atoms with Gasteiger partial charge in [-0.15, -0.1) is 0 Å². The summed E-state index contributed by atoms with van der Waals surface area (Å²) in [6.07, 6.45) is 0.908. The summed E-state index contributed by atoms with van der Waals surface area (Å²) < 4.78 is 0. The molecule has 0 spiro atoms. The van der Waals surface area contributed by atoms with E-state index in [4.69, 9.17) is 9.97 Å². The third-order valence-electron chi connectivity index (χ3n) is 5.17. The molecule has 1 aromatic heterocycles. The zero-order valence-corrected chi connectivity index (χ0v) is 16.8. The second kappa shape index (κ2) is 8.31. The average Bonchev–Trinajstić information content (AvgIpc) is 2.76. The highest BCUT2D eigenvalue weighted by Crippen LogP contribution is 2.27. The Bertz CT molecular complexity index is 997. The highest BCUT2D eigenvalue weighted by molar-refractivity contribution is 5.69. The van der Waals surface area contributed by atoms with Crippen molar-refractivity contribution >= 4 is 23.9 Å². The number of carbonyl (C=O) groups is 1. The van der Waals surface area contributed by atoms with Crippen LogP contribution in [0.15, 0.2) is 54.6 Å². The van der Waals surface area contributed by atoms with Gasteiger partial charge in [0.1, 0.15) is 5.82 Å². The van der Waals surface area contributed by atoms with E-state index < -0.39 is 0 Å². The van der Waals surface area contributed by atoms with E-state index in [9.17, 15) is 4.79 Å². The molecule has 0 radical (unpaired) electrons. The van der Waals surface area contributed by atoms with Gasteiger partial charge in [0.2, 0.25) is 12.4 Å². The Balaban J connectivity index is 1.69. The molecule has 1 N–H and O–H groups in total. The topological polar surface area (TPSA) is 61.4 Å². The number of aromatic nitrogens is 2. The van der Waals surface area contributed by atoms with Crippen molar-refractivity contribution in [2.24, 2.45) is 0 Å². The second-order valence-electron chi connectivity index (χ2n) is 7.38. The second-order valence-corrected chi connectivity index (χ2v) is 7.38. The molecule has 2 heterocycles. The van der Waals surface area contributed by atoms with Crippen LogP contribution >= 0.6 is 0 Å². The first-order chi connectivity index (χ1) is 14.1. The summed E-state index contributed by atoms with van der Waals surface area (Å²) in [6.45, 7) is 6.99. The Hall–Kier alpha value is -3.41. The molecule has 2 aromatic carbocycles. The number of carbonyl (C=O) groups excluding carboxylic acids is 1. The SMILES string of the molecule is Cc1ccc(Nc2cc(-c3ccccc3)nc(N3CCN(C=O)CC3)n2)c(C)c1. The first-order valence-corrected chi connectivity index (χ1v) is 9.85. The predicted octanol–water partition coefficient (Wildman–Crippen LogP) is 3.78. The van der Waals surface area contributed by atoms with E-state index in [1.165, 1.54) is 11.1 Å². The lowest BCUT2D eigenvalue weighted by atomic mass is 10.1. The first-order valence-electron chi connectivity index (χ1n) is 9.85. The minimum atomic E-state index is 0.683. The maximum Gasteiger partial charge on any atom is 0.228 e. The maximum absolute atomic E-state index is 11.0. The Morgan fingerprint density at radius 3 is 2.38 bits per heavy atom. The van der Waals surface area contributed by atoms with Gasteiger partial charge in [0.05, 0.1) is 5.69 Å². The minimum absolute atomic E-state index is 0.683. The fraction of sp³-hybridized carbons (Fsp3) is 0.261. The minimum Gasteiger partial charge on any atom is -0.342 e. The third kappa shape index (κ3) is 4.37. The number of nitrogens with zero attached hydrogens (tertiary/aromatic N) is 4. The number of aryl methyl sites for hydroxylation is 2. The van der Waals surface area contributed by atoms with Crippen LogP contribution in [0.1, 0.15) is 11.1 Å². The molecule has 0 bridgehead atoms. The standard InChI is InChI=1S/C23H25N5O/c1-17-8-9-20(18(2)14-17)24-22-15-21(19-6-4-3-5-7-19)25-23(26-22)28-12-10-27(16-29)11-13-28/h3-9,14-16H,10-13H2,1-2H3,(H,24,25,26). The molecule has 0 aliphatic carbocycles. The lowest BCUT2D eigenvalue weighted by Gasteiger charge is -2.32. The zero-order chi connectivity index (χ0) is 20.2. The van der Waals surface area contributed by atoms with Gasteiger partial charge >= 0.3 is 0 Å². The molecular weight excluding hydrogens is 362 g/mol. The van der Waals surface area contributed by atoms with Crippen molar-refractivity contribution in [3.8, 4) is 11.3 Å². The largest absolute Gasteiger partial charge is 0.342 e. The van der Waals surface area contributed by atoms with Crippen molar-refractivity contribution < 1.29 is 4.79 Å². The highest BCUT2D eigenvalue weighted by Gasteiger charge is 2.19. The smallest absolute Gasteiger partial charge is 0.228 e. The van der Waals surface area contributed by atoms with Crippen molar-refractivity contribution in [3.63, 3.8) is 0 Å². The molecule has 6 heteroatoms. The molecule has 6 nitrogen and oxygen atoms in total. The molecule has 1 aliphatic heterocycles. The van der Waals surface area contributed by atoms with Gasteiger partial charge in [-0.05, 0) is 25.5 Å². The number of hydrogen-bond donors (Lipinski definition) is 1. The number of anilines is 3. The van der Waals surface area contributed by atoms with Gasteiger partial charge < -0.3 is 15.1 Å². The number of piperazine rings is 1. The van der Waals surface area contributed by atoms with E-state index in [1.807, 2.05) is 24.3 Å². The molecule has 1 amide bonds. The van der Waals surface area contributed by atoms with Crippen molar-refractivity contribution in [2.75, 3.05) is 36.4 Å². The number of benzene rings is 2. The molecule has 1 aliphatic rings. The summed E-state index contributed by atoms with van der Waals surface area (Å²) in [5.74, 6) is 1.45. The molecule has 0 unspecified atom stereocenters. The third-order valence-corrected chi connectivity index (χ3v) is 5.17. The van der Waals surface area contributed by atoms with Crippen LogP contribution in [-0.4, -0.2) is 47.5 Å². The van der Waals surface area contributed by atoms with Gasteiger partial charge in [0.25, 0.3) is 0 Å². The summed E-state index contributed by atoms with van der Waals surface area (Å²) in [4.78, 5) is 24.6. The molecule has 29 heavy (non-hydrogen) atoms. The van der Waals surface area contributed by atoms with Gasteiger partial charge in [-0.25, -0.2) is 4.98 Å². The van der Waals surface area contributed by atoms with Crippen LogP contribution in [0.2, 0.25) is 0 Å². The van der Waals surface area contributed by atoms with Crippen LogP contribution in [0.5, 0.6) is 0 Å². The van der Waals surface area contributed by atoms with E-state index in [1.54, 1.807) is 4.90 Å². The van der Waals surface area contributed by atoms with E-state index in [-0.39, 0.29) is 0 Å². The van der Waals surface area contributed by atoms with Crippen LogP contribution in [0, 0.1) is 13.8 Å². The number of hydrogen-bond acceptors (Lipinski definition) is 5. The van der Waals surface area contributed by atoms with E-state index in [0.29, 0.717) is 19.0 Å². The monoisotopic (exact) mass is 387 g/mol. The molecule has 3 aromatic rings. The Morgan fingerprint density at radius 2 is 1.69 bits per heavy atom. The molecule has 0 atom stereocenters. The summed E-state index contributed by atoms with van der Waals surface area (Å²) in [6, 6.07) is 18.4. The van der Waals surface area contributed by atoms with E-state index >= 15 is 0 Å². The van der Waals surface area contributed by atoms with Gasteiger partial charge in [-0.3, -0.25) is 4.79 Å². The van der Waals surface area contributed by atoms with Crippen LogP contribution in [0.25, 0.3) is 11.3 Å². The lowest BCUT2D eigenvalue weighted by Crippen LogP contribution is -2.46. The van der Waals surface area contributed by atoms with Crippen LogP contribution in [0.3, 0.4) is 0 Å². The summed E-state index contributed by atoms with van der Waals surface area (Å²) >= 11 is 0. The number of nitrogens with one attached hydrogen (secondary N) is 1. The van der Waals surface area contributed by atoms with Crippen LogP contribution in [-0.2, 0) is 4.79 Å². The van der Waals surface area contributed by atoms with Crippen molar-refractivity contribution in [2.45, 2.75) is 13.8 Å². The molecule has 0 saturated carbocycles. The van der Waals surface area contributed by atoms with Crippen molar-refractivity contribution in [3.05, 3.63) is 65.7 Å². The van der Waals surface area contributed by atoms with Gasteiger partial charge in [-0.2, -0.15) is 4.98 Å². The Kier molecular flexibility index (Phi) is 5.42. The van der Waals surface area contributed by atoms with Gasteiger partial charge in [0, 0.05) is 43.5 Å². The lowest BCUT2D eigenvalue weighted by molar-refractivity contribution is -0.118. The summed E-state index contributed by atoms with van der Waals surface area (Å²) in [5.41, 5.74) is 5.36. The summed E-state index contributed by atoms with van der Waals surface area (Å²) in [7, 11) is 0. The summed E-state index contributed by atoms with van der Waals surface area (Å²) in [5, 5.41) is 3.46. The van der Waals surface area contributed by atoms with Gasteiger partial charge in [-0.1, -0.05) is 48.0 Å². The normalized spacial score (nSPS) is 14.0. The fourth-order valence-electron chi connectivity index (χ4n) is 3.52. The quantitative estimate of drug-likeness (QED) is 0.675. The first kappa shape index (κ1) is 18.9. The number of rotatable bonds is 5. The van der Waals surface area contributed by atoms with E-state index in [2.05, 4.69) is 54.4 Å². The highest BCUT2D eigenvalue weighted by atomic mass is 16.1. The molecule has 148 valence electrons. The van der Waals surface area contributed by atoms with Crippen molar-refractivity contribution in [1.29, 1.82) is 0 Å². The Morgan fingerprint density at radius 1 is 0.931 bits per heavy atom. The predicted molar refractivity (Wildman–Crippen MR) is 117 cm³/mol. The maximum atomic E-state index is 11.0. The fourth-order valence-corrected chi connectivity index (χ4v) is 3.52. The molecule has 4 rings (SSSR count). The molecule has 1 saturated heterocycles. The average molecular weight is 387 g/mol. The van der Waals surface area contributed by atoms with E-state index in [0.717, 1.165) is 42.3 Å². The Labute approximate surface area is 171 Å². The molecular formula is C23H25N5O. The van der Waals surface area contributed by atoms with Crippen molar-refractivity contribution in [1.82, 2.24) is 14.9 Å². The van der Waals surface area contributed by atoms with Gasteiger partial charge in [0.15, 0.2) is 0 Å². The van der Waals surface area contributed by atoms with Crippen LogP contribution in [0.4, 0.5) is 17.5 Å². The van der Waals surface area contributed by atoms with Crippen LogP contribution < -0.4 is 10.2 Å². The number of amides is 1. The molecule has 1 fully saturated rings.